The zero-order valence-corrected chi connectivity index (χ0v) is 25.1. The SMILES string of the molecule is C=C(/C=C(\C)c1ccc2c(c1)[nH]c1c3ccc(/C=C/C=C\C=C/C)cc3ccc21)C1=C(C)C=[N+]=C1.C=C/C=C\C=C/C. The van der Waals surface area contributed by atoms with Crippen LogP contribution in [0, 0.1) is 0 Å². The molecule has 4 aromatic rings. The second-order valence-electron chi connectivity index (χ2n) is 10.1. The Morgan fingerprint density at radius 2 is 1.50 bits per heavy atom. The van der Waals surface area contributed by atoms with Crippen LogP contribution in [0.15, 0.2) is 145 Å². The maximum Gasteiger partial charge on any atom is 0.300 e. The molecule has 0 radical (unpaired) electrons. The van der Waals surface area contributed by atoms with Gasteiger partial charge in [-0.15, -0.1) is 0 Å². The number of fused-ring (bicyclic) bond motifs is 5. The average molecular weight is 548 g/mol. The Morgan fingerprint density at radius 1 is 0.786 bits per heavy atom. The largest absolute Gasteiger partial charge is 0.354 e. The summed E-state index contributed by atoms with van der Waals surface area (Å²) in [6, 6.07) is 17.7. The Kier molecular flexibility index (Phi) is 10.3. The normalized spacial score (nSPS) is 13.9. The summed E-state index contributed by atoms with van der Waals surface area (Å²) in [7, 11) is 0. The summed E-state index contributed by atoms with van der Waals surface area (Å²) in [6.45, 7) is 16.0. The molecule has 42 heavy (non-hydrogen) atoms. The Hall–Kier alpha value is -5.17. The maximum absolute atomic E-state index is 4.26. The van der Waals surface area contributed by atoms with Gasteiger partial charge in [0, 0.05) is 27.2 Å². The van der Waals surface area contributed by atoms with Gasteiger partial charge in [0.05, 0.1) is 11.1 Å². The first kappa shape index (κ1) is 29.8. The molecule has 1 N–H and O–H groups in total. The van der Waals surface area contributed by atoms with Gasteiger partial charge in [-0.2, -0.15) is 0 Å². The van der Waals surface area contributed by atoms with Crippen molar-refractivity contribution >= 4 is 56.7 Å². The number of hydrogen-bond donors (Lipinski definition) is 1. The van der Waals surface area contributed by atoms with Crippen LogP contribution in [0.1, 0.15) is 38.8 Å². The highest BCUT2D eigenvalue weighted by Crippen LogP contribution is 2.33. The third-order valence-electron chi connectivity index (χ3n) is 7.07. The molecule has 3 aromatic carbocycles. The van der Waals surface area contributed by atoms with Crippen molar-refractivity contribution in [1.82, 2.24) is 9.65 Å². The van der Waals surface area contributed by atoms with Gasteiger partial charge < -0.3 is 4.98 Å². The number of rotatable bonds is 8. The first-order chi connectivity index (χ1) is 20.5. The fourth-order valence-corrected chi connectivity index (χ4v) is 4.89. The van der Waals surface area contributed by atoms with Gasteiger partial charge in [0.15, 0.2) is 0 Å². The van der Waals surface area contributed by atoms with Crippen molar-refractivity contribution in [2.45, 2.75) is 27.7 Å². The molecular weight excluding hydrogens is 508 g/mol. The van der Waals surface area contributed by atoms with E-state index in [-0.39, 0.29) is 0 Å². The maximum atomic E-state index is 4.26. The van der Waals surface area contributed by atoms with E-state index in [0.717, 1.165) is 22.2 Å². The quantitative estimate of drug-likeness (QED) is 0.168. The summed E-state index contributed by atoms with van der Waals surface area (Å²) in [5, 5.41) is 4.96. The lowest BCUT2D eigenvalue weighted by atomic mass is 9.98. The molecule has 0 atom stereocenters. The van der Waals surface area contributed by atoms with Gasteiger partial charge in [-0.3, -0.25) is 0 Å². The van der Waals surface area contributed by atoms with Crippen molar-refractivity contribution in [1.29, 1.82) is 0 Å². The molecule has 0 bridgehead atoms. The topological polar surface area (TPSA) is 29.9 Å². The van der Waals surface area contributed by atoms with Crippen LogP contribution < -0.4 is 4.67 Å². The van der Waals surface area contributed by atoms with Crippen molar-refractivity contribution in [3.8, 4) is 0 Å². The molecule has 1 aliphatic heterocycles. The highest BCUT2D eigenvalue weighted by Gasteiger charge is 2.14. The molecule has 0 aliphatic carbocycles. The number of nitrogens with zero attached hydrogens (tertiary/aromatic N) is 1. The fraction of sp³-hybridized carbons (Fsp3) is 0.100. The molecular formula is C40H39N2+. The molecule has 2 heterocycles. The molecule has 208 valence electrons. The molecule has 0 fully saturated rings. The Balaban J connectivity index is 0.000000517. The molecule has 5 rings (SSSR count). The number of aromatic amines is 1. The van der Waals surface area contributed by atoms with Crippen LogP contribution in [0.2, 0.25) is 0 Å². The average Bonchev–Trinajstić information content (AvgIpc) is 3.60. The van der Waals surface area contributed by atoms with E-state index in [1.165, 1.54) is 43.8 Å². The molecule has 0 saturated carbocycles. The molecule has 1 aliphatic rings. The molecule has 0 amide bonds. The van der Waals surface area contributed by atoms with Crippen LogP contribution in [-0.2, 0) is 0 Å². The minimum absolute atomic E-state index is 0.988. The number of aromatic nitrogens is 1. The van der Waals surface area contributed by atoms with Gasteiger partial charge in [0.1, 0.15) is 0 Å². The molecule has 2 nitrogen and oxygen atoms in total. The third kappa shape index (κ3) is 7.12. The van der Waals surface area contributed by atoms with Crippen molar-refractivity contribution in [2.75, 3.05) is 0 Å². The highest BCUT2D eigenvalue weighted by molar-refractivity contribution is 6.17. The Morgan fingerprint density at radius 3 is 2.21 bits per heavy atom. The number of nitrogens with one attached hydrogen (secondary N) is 1. The molecule has 1 aromatic heterocycles. The van der Waals surface area contributed by atoms with Gasteiger partial charge >= 0.3 is 6.21 Å². The van der Waals surface area contributed by atoms with Crippen molar-refractivity contribution < 1.29 is 0 Å². The van der Waals surface area contributed by atoms with Gasteiger partial charge in [-0.1, -0.05) is 127 Å². The Bertz CT molecular complexity index is 1920. The van der Waals surface area contributed by atoms with E-state index >= 15 is 0 Å². The second kappa shape index (κ2) is 14.5. The van der Waals surface area contributed by atoms with Crippen LogP contribution in [0.4, 0.5) is 0 Å². The van der Waals surface area contributed by atoms with Crippen LogP contribution in [0.25, 0.3) is 44.2 Å². The first-order valence-electron chi connectivity index (χ1n) is 14.3. The number of H-pyrrole nitrogens is 1. The van der Waals surface area contributed by atoms with Crippen molar-refractivity contribution in [3.05, 3.63) is 156 Å². The minimum Gasteiger partial charge on any atom is -0.354 e. The summed E-state index contributed by atoms with van der Waals surface area (Å²) in [5.41, 5.74) is 9.13. The van der Waals surface area contributed by atoms with Crippen LogP contribution in [0.3, 0.4) is 0 Å². The van der Waals surface area contributed by atoms with Crippen molar-refractivity contribution in [2.24, 2.45) is 0 Å². The van der Waals surface area contributed by atoms with E-state index in [1.54, 1.807) is 6.08 Å². The zero-order valence-electron chi connectivity index (χ0n) is 25.1. The molecule has 0 saturated heterocycles. The van der Waals surface area contributed by atoms with E-state index in [2.05, 4.69) is 103 Å². The van der Waals surface area contributed by atoms with Gasteiger partial charge in [-0.25, -0.2) is 0 Å². The molecule has 0 spiro atoms. The smallest absolute Gasteiger partial charge is 0.300 e. The predicted octanol–water partition coefficient (Wildman–Crippen LogP) is 10.4. The van der Waals surface area contributed by atoms with Gasteiger partial charge in [0.2, 0.25) is 0 Å². The zero-order chi connectivity index (χ0) is 29.9. The first-order valence-corrected chi connectivity index (χ1v) is 14.3. The second-order valence-corrected chi connectivity index (χ2v) is 10.1. The number of hydrogen-bond acceptors (Lipinski definition) is 0. The van der Waals surface area contributed by atoms with Crippen LogP contribution >= 0.6 is 0 Å². The number of allylic oxidation sites excluding steroid dienone is 15. The summed E-state index contributed by atoms with van der Waals surface area (Å²) >= 11 is 0. The third-order valence-corrected chi connectivity index (χ3v) is 7.07. The number of benzene rings is 3. The predicted molar refractivity (Wildman–Crippen MR) is 190 cm³/mol. The van der Waals surface area contributed by atoms with Crippen molar-refractivity contribution in [3.63, 3.8) is 0 Å². The van der Waals surface area contributed by atoms with E-state index in [9.17, 15) is 0 Å². The molecule has 2 heteroatoms. The fourth-order valence-electron chi connectivity index (χ4n) is 4.89. The lowest BCUT2D eigenvalue weighted by Crippen LogP contribution is -1.90. The summed E-state index contributed by atoms with van der Waals surface area (Å²) < 4.78 is 4.24. The highest BCUT2D eigenvalue weighted by atomic mass is 14.7. The van der Waals surface area contributed by atoms with Gasteiger partial charge in [-0.05, 0) is 67.5 Å². The van der Waals surface area contributed by atoms with Gasteiger partial charge in [0.25, 0.3) is 6.21 Å². The summed E-state index contributed by atoms with van der Waals surface area (Å²) in [5.74, 6) is 0. The minimum atomic E-state index is 0.988. The van der Waals surface area contributed by atoms with Crippen LogP contribution in [0.5, 0.6) is 0 Å². The standard InChI is InChI=1S/C33H29N2.C7H10/c1-5-6-7-8-9-10-25-11-14-28-27(18-25)13-16-30-29-15-12-26(19-32(29)35-33(28)30)22(2)17-23(3)31-21-34-20-24(31)4;1-3-5-7-6-4-2/h5-21,35H,3H2,1-2,4H3;3-7H,1H2,2H3/q+1;/b6-5-,8-7-,10-9+,22-17+;6-4-,7-5-. The van der Waals surface area contributed by atoms with E-state index in [1.807, 2.05) is 74.9 Å². The van der Waals surface area contributed by atoms with Crippen LogP contribution in [-0.4, -0.2) is 17.4 Å². The lowest BCUT2D eigenvalue weighted by molar-refractivity contribution is 1.51. The monoisotopic (exact) mass is 547 g/mol. The molecule has 0 unspecified atom stereocenters. The van der Waals surface area contributed by atoms with E-state index in [0.29, 0.717) is 0 Å². The summed E-state index contributed by atoms with van der Waals surface area (Å²) in [4.78, 5) is 3.70. The summed E-state index contributed by atoms with van der Waals surface area (Å²) in [6.07, 6.45) is 27.8. The van der Waals surface area contributed by atoms with E-state index < -0.39 is 0 Å². The Labute approximate surface area is 249 Å². The lowest BCUT2D eigenvalue weighted by Gasteiger charge is -2.04. The van der Waals surface area contributed by atoms with E-state index in [4.69, 9.17) is 0 Å².